The molecule has 1 atom stereocenters. The second-order valence-electron chi connectivity index (χ2n) is 3.93. The van der Waals surface area contributed by atoms with Gasteiger partial charge in [-0.25, -0.2) is 4.39 Å². The van der Waals surface area contributed by atoms with E-state index < -0.39 is 5.82 Å². The lowest BCUT2D eigenvalue weighted by atomic mass is 10.1. The monoisotopic (exact) mass is 254 g/mol. The highest BCUT2D eigenvalue weighted by Crippen LogP contribution is 2.25. The average molecular weight is 255 g/mol. The lowest BCUT2D eigenvalue weighted by molar-refractivity contribution is -0.0255. The van der Waals surface area contributed by atoms with Crippen LogP contribution in [0, 0.1) is 17.1 Å². The van der Waals surface area contributed by atoms with E-state index in [1.54, 1.807) is 12.1 Å². The largest absolute Gasteiger partial charge is 0.371 e. The maximum Gasteiger partial charge on any atom is 0.141 e. The first-order valence-corrected chi connectivity index (χ1v) is 5.74. The molecule has 0 amide bonds. The van der Waals surface area contributed by atoms with Crippen LogP contribution in [0.5, 0.6) is 0 Å². The molecule has 17 heavy (non-hydrogen) atoms. The summed E-state index contributed by atoms with van der Waals surface area (Å²) in [5, 5.41) is 8.75. The predicted octanol–water partition coefficient (Wildman–Crippen LogP) is 2.38. The Balaban J connectivity index is 2.11. The van der Waals surface area contributed by atoms with Crippen LogP contribution in [0.1, 0.15) is 11.7 Å². The lowest BCUT2D eigenvalue weighted by Crippen LogP contribution is -2.38. The summed E-state index contributed by atoms with van der Waals surface area (Å²) in [4.78, 5) is 2.01. The highest BCUT2D eigenvalue weighted by atomic mass is 35.5. The number of morpholine rings is 1. The minimum Gasteiger partial charge on any atom is -0.371 e. The summed E-state index contributed by atoms with van der Waals surface area (Å²) in [7, 11) is 0. The zero-order chi connectivity index (χ0) is 12.3. The number of halogens is 2. The van der Waals surface area contributed by atoms with E-state index in [1.807, 2.05) is 4.90 Å². The molecule has 0 radical (unpaired) electrons. The van der Waals surface area contributed by atoms with E-state index in [2.05, 4.69) is 6.07 Å². The van der Waals surface area contributed by atoms with Gasteiger partial charge in [0.1, 0.15) is 5.82 Å². The van der Waals surface area contributed by atoms with Crippen LogP contribution in [0.4, 0.5) is 4.39 Å². The molecule has 3 nitrogen and oxygen atoms in total. The second-order valence-corrected chi connectivity index (χ2v) is 4.33. The van der Waals surface area contributed by atoms with Crippen molar-refractivity contribution in [2.75, 3.05) is 26.2 Å². The normalized spacial score (nSPS) is 21.1. The third kappa shape index (κ3) is 2.95. The first kappa shape index (κ1) is 12.3. The summed E-state index contributed by atoms with van der Waals surface area (Å²) in [5.74, 6) is -0.430. The standard InChI is InChI=1S/C12H12ClFN2O/c13-10-7-9(1-2-11(10)14)12-8-16(4-3-15)5-6-17-12/h1-2,7,12H,4-6,8H2/t12-/m1/s1. The van der Waals surface area contributed by atoms with Crippen LogP contribution in [-0.2, 0) is 4.74 Å². The second kappa shape index (κ2) is 5.46. The van der Waals surface area contributed by atoms with Crippen LogP contribution in [-0.4, -0.2) is 31.1 Å². The summed E-state index contributed by atoms with van der Waals surface area (Å²) >= 11 is 5.73. The van der Waals surface area contributed by atoms with Gasteiger partial charge in [-0.15, -0.1) is 0 Å². The smallest absolute Gasteiger partial charge is 0.141 e. The number of ether oxygens (including phenoxy) is 1. The minimum atomic E-state index is -0.430. The molecule has 0 spiro atoms. The summed E-state index contributed by atoms with van der Waals surface area (Å²) in [6.45, 7) is 2.34. The van der Waals surface area contributed by atoms with E-state index in [9.17, 15) is 4.39 Å². The van der Waals surface area contributed by atoms with Gasteiger partial charge in [0, 0.05) is 13.1 Å². The molecule has 2 rings (SSSR count). The Hall–Kier alpha value is -1.15. The molecule has 0 unspecified atom stereocenters. The van der Waals surface area contributed by atoms with Crippen molar-refractivity contribution in [3.63, 3.8) is 0 Å². The summed E-state index contributed by atoms with van der Waals surface area (Å²) < 4.78 is 18.6. The van der Waals surface area contributed by atoms with Gasteiger partial charge < -0.3 is 4.74 Å². The van der Waals surface area contributed by atoms with Gasteiger partial charge in [0.15, 0.2) is 0 Å². The molecule has 1 fully saturated rings. The molecule has 1 aliphatic rings. The Labute approximate surface area is 104 Å². The number of hydrogen-bond donors (Lipinski definition) is 0. The zero-order valence-corrected chi connectivity index (χ0v) is 9.95. The van der Waals surface area contributed by atoms with Crippen LogP contribution in [0.25, 0.3) is 0 Å². The maximum absolute atomic E-state index is 13.0. The summed E-state index contributed by atoms with van der Waals surface area (Å²) in [5.41, 5.74) is 0.846. The van der Waals surface area contributed by atoms with E-state index >= 15 is 0 Å². The SMILES string of the molecule is N#CCN1CCO[C@@H](c2ccc(F)c(Cl)c2)C1. The molecule has 0 bridgehead atoms. The van der Waals surface area contributed by atoms with Crippen LogP contribution in [0.3, 0.4) is 0 Å². The first-order valence-electron chi connectivity index (χ1n) is 5.36. The molecule has 0 N–H and O–H groups in total. The number of rotatable bonds is 2. The molecule has 0 aliphatic carbocycles. The topological polar surface area (TPSA) is 36.3 Å². The van der Waals surface area contributed by atoms with Gasteiger partial charge in [-0.2, -0.15) is 5.26 Å². The van der Waals surface area contributed by atoms with Gasteiger partial charge >= 0.3 is 0 Å². The van der Waals surface area contributed by atoms with E-state index in [1.165, 1.54) is 6.07 Å². The first-order chi connectivity index (χ1) is 8.20. The van der Waals surface area contributed by atoms with Crippen molar-refractivity contribution in [2.45, 2.75) is 6.10 Å². The maximum atomic E-state index is 13.0. The molecule has 1 heterocycles. The van der Waals surface area contributed by atoms with Crippen molar-refractivity contribution in [1.82, 2.24) is 4.90 Å². The van der Waals surface area contributed by atoms with E-state index in [0.717, 1.165) is 12.1 Å². The minimum absolute atomic E-state index is 0.100. The third-order valence-corrected chi connectivity index (χ3v) is 3.05. The van der Waals surface area contributed by atoms with Gasteiger partial charge in [0.05, 0.1) is 30.3 Å². The molecule has 1 saturated heterocycles. The van der Waals surface area contributed by atoms with Crippen molar-refractivity contribution in [3.8, 4) is 6.07 Å². The average Bonchev–Trinajstić information content (AvgIpc) is 2.33. The highest BCUT2D eigenvalue weighted by molar-refractivity contribution is 6.30. The van der Waals surface area contributed by atoms with E-state index in [-0.39, 0.29) is 11.1 Å². The molecule has 0 aromatic heterocycles. The Kier molecular flexibility index (Phi) is 3.95. The lowest BCUT2D eigenvalue weighted by Gasteiger charge is -2.31. The molecule has 1 aromatic rings. The Morgan fingerprint density at radius 1 is 1.59 bits per heavy atom. The summed E-state index contributed by atoms with van der Waals surface area (Å²) in [6.07, 6.45) is -0.143. The highest BCUT2D eigenvalue weighted by Gasteiger charge is 2.22. The van der Waals surface area contributed by atoms with Gasteiger partial charge in [0.2, 0.25) is 0 Å². The number of nitrogens with zero attached hydrogens (tertiary/aromatic N) is 2. The van der Waals surface area contributed by atoms with Gasteiger partial charge in [-0.3, -0.25) is 4.90 Å². The number of hydrogen-bond acceptors (Lipinski definition) is 3. The molecule has 90 valence electrons. The van der Waals surface area contributed by atoms with Crippen molar-refractivity contribution in [1.29, 1.82) is 5.26 Å². The van der Waals surface area contributed by atoms with Crippen molar-refractivity contribution in [2.24, 2.45) is 0 Å². The Morgan fingerprint density at radius 3 is 3.12 bits per heavy atom. The van der Waals surface area contributed by atoms with Gasteiger partial charge in [-0.05, 0) is 17.7 Å². The molecular formula is C12H12ClFN2O. The van der Waals surface area contributed by atoms with Crippen molar-refractivity contribution < 1.29 is 9.13 Å². The van der Waals surface area contributed by atoms with Crippen LogP contribution in [0.2, 0.25) is 5.02 Å². The molecule has 0 saturated carbocycles. The molecular weight excluding hydrogens is 243 g/mol. The van der Waals surface area contributed by atoms with Crippen LogP contribution >= 0.6 is 11.6 Å². The zero-order valence-electron chi connectivity index (χ0n) is 9.20. The van der Waals surface area contributed by atoms with Crippen molar-refractivity contribution >= 4 is 11.6 Å². The van der Waals surface area contributed by atoms with Crippen LogP contribution < -0.4 is 0 Å². The van der Waals surface area contributed by atoms with Gasteiger partial charge in [-0.1, -0.05) is 17.7 Å². The number of benzene rings is 1. The quantitative estimate of drug-likeness (QED) is 0.761. The Bertz CT molecular complexity index is 447. The van der Waals surface area contributed by atoms with Gasteiger partial charge in [0.25, 0.3) is 0 Å². The number of nitriles is 1. The fourth-order valence-corrected chi connectivity index (χ4v) is 2.05. The van der Waals surface area contributed by atoms with E-state index in [0.29, 0.717) is 19.7 Å². The Morgan fingerprint density at radius 2 is 2.41 bits per heavy atom. The third-order valence-electron chi connectivity index (χ3n) is 2.76. The molecule has 1 aromatic carbocycles. The fraction of sp³-hybridized carbons (Fsp3) is 0.417. The molecule has 1 aliphatic heterocycles. The van der Waals surface area contributed by atoms with E-state index in [4.69, 9.17) is 21.6 Å². The fourth-order valence-electron chi connectivity index (χ4n) is 1.86. The summed E-state index contributed by atoms with van der Waals surface area (Å²) in [6, 6.07) is 6.70. The van der Waals surface area contributed by atoms with Crippen molar-refractivity contribution in [3.05, 3.63) is 34.6 Å². The van der Waals surface area contributed by atoms with Crippen LogP contribution in [0.15, 0.2) is 18.2 Å². The predicted molar refractivity (Wildman–Crippen MR) is 62.2 cm³/mol. The molecule has 5 heteroatoms.